The molecule has 0 spiro atoms. The highest BCUT2D eigenvalue weighted by Crippen LogP contribution is 2.26. The smallest absolute Gasteiger partial charge is 0.272 e. The van der Waals surface area contributed by atoms with Crippen molar-refractivity contribution in [2.45, 2.75) is 24.5 Å². The topological polar surface area (TPSA) is 165 Å². The number of carbonyl (C=O) groups is 1. The van der Waals surface area contributed by atoms with Crippen LogP contribution < -0.4 is 10.4 Å². The number of aliphatic hydroxyl groups excluding tert-OH is 3. The van der Waals surface area contributed by atoms with Crippen LogP contribution in [0.4, 0.5) is 11.4 Å². The van der Waals surface area contributed by atoms with Gasteiger partial charge in [0, 0.05) is 23.4 Å². The summed E-state index contributed by atoms with van der Waals surface area (Å²) in [5, 5.41) is 52.5. The molecule has 4 atom stereocenters. The van der Waals surface area contributed by atoms with Gasteiger partial charge in [0.25, 0.3) is 5.69 Å². The van der Waals surface area contributed by atoms with E-state index in [0.717, 1.165) is 18.2 Å². The van der Waals surface area contributed by atoms with Crippen LogP contribution in [-0.2, 0) is 4.74 Å². The van der Waals surface area contributed by atoms with Crippen LogP contribution in [-0.4, -0.2) is 57.4 Å². The molecule has 0 radical (unpaired) electrons. The molecule has 1 aliphatic rings. The molecule has 1 aromatic carbocycles. The molecule has 0 aliphatic carbocycles. The fourth-order valence-corrected chi connectivity index (χ4v) is 2.10. The molecule has 10 heteroatoms. The number of carboxylic acids is 1. The van der Waals surface area contributed by atoms with Crippen LogP contribution in [0.15, 0.2) is 18.2 Å². The van der Waals surface area contributed by atoms with E-state index in [4.69, 9.17) is 9.84 Å². The van der Waals surface area contributed by atoms with Crippen molar-refractivity contribution in [1.29, 1.82) is 0 Å². The van der Waals surface area contributed by atoms with Gasteiger partial charge in [-0.3, -0.25) is 10.1 Å². The first-order valence-electron chi connectivity index (χ1n) is 6.23. The number of anilines is 1. The number of aliphatic hydroxyl groups is 3. The van der Waals surface area contributed by atoms with Gasteiger partial charge in [0.1, 0.15) is 18.3 Å². The number of carboxylic acid groups (broad SMARTS) is 1. The quantitative estimate of drug-likeness (QED) is 0.349. The minimum Gasteiger partial charge on any atom is -0.545 e. The molecule has 1 aliphatic heterocycles. The summed E-state index contributed by atoms with van der Waals surface area (Å²) in [5.74, 6) is -1.60. The Balaban J connectivity index is 2.26. The van der Waals surface area contributed by atoms with E-state index in [1.165, 1.54) is 0 Å². The number of nitrogens with one attached hydrogen (secondary N) is 1. The molecule has 1 saturated heterocycles. The largest absolute Gasteiger partial charge is 0.545 e. The zero-order valence-electron chi connectivity index (χ0n) is 11.1. The summed E-state index contributed by atoms with van der Waals surface area (Å²) in [6.07, 6.45) is -4.93. The Morgan fingerprint density at radius 1 is 1.32 bits per heavy atom. The van der Waals surface area contributed by atoms with Crippen molar-refractivity contribution in [2.75, 3.05) is 11.9 Å². The molecule has 1 aromatic rings. The number of benzene rings is 1. The van der Waals surface area contributed by atoms with Crippen LogP contribution >= 0.6 is 0 Å². The average molecular weight is 313 g/mol. The van der Waals surface area contributed by atoms with Gasteiger partial charge in [-0.2, -0.15) is 0 Å². The first kappa shape index (κ1) is 16.1. The lowest BCUT2D eigenvalue weighted by Crippen LogP contribution is -2.36. The molecule has 2 rings (SSSR count). The number of ether oxygens (including phenoxy) is 1. The average Bonchev–Trinajstić information content (AvgIpc) is 2.74. The summed E-state index contributed by atoms with van der Waals surface area (Å²) in [5.41, 5.74) is -0.928. The van der Waals surface area contributed by atoms with E-state index >= 15 is 0 Å². The van der Waals surface area contributed by atoms with Gasteiger partial charge in [0.15, 0.2) is 6.23 Å². The third-order valence-corrected chi connectivity index (χ3v) is 3.22. The number of nitro benzene ring substituents is 1. The molecule has 10 nitrogen and oxygen atoms in total. The van der Waals surface area contributed by atoms with Crippen LogP contribution in [0.1, 0.15) is 10.4 Å². The van der Waals surface area contributed by atoms with E-state index in [2.05, 4.69) is 5.32 Å². The summed E-state index contributed by atoms with van der Waals surface area (Å²) >= 11 is 0. The lowest BCUT2D eigenvalue weighted by molar-refractivity contribution is -0.384. The molecule has 120 valence electrons. The third kappa shape index (κ3) is 3.14. The van der Waals surface area contributed by atoms with Crippen molar-refractivity contribution in [1.82, 2.24) is 0 Å². The maximum atomic E-state index is 10.9. The number of hydrogen-bond donors (Lipinski definition) is 4. The molecular weight excluding hydrogens is 300 g/mol. The Morgan fingerprint density at radius 3 is 2.50 bits per heavy atom. The molecule has 0 bridgehead atoms. The number of carbonyl (C=O) groups excluding carboxylic acids is 1. The highest BCUT2D eigenvalue weighted by Gasteiger charge is 2.42. The Bertz CT molecular complexity index is 560. The number of nitro groups is 1. The zero-order valence-corrected chi connectivity index (χ0v) is 11.1. The fraction of sp³-hybridized carbons (Fsp3) is 0.417. The van der Waals surface area contributed by atoms with Gasteiger partial charge in [-0.15, -0.1) is 0 Å². The standard InChI is InChI=1S/C12H14N2O8/c15-4-8-9(16)10(17)11(22-8)13-6-1-5(12(18)19)2-7(3-6)14(20)21/h1-3,8-11,13,15-17H,4H2,(H,18,19)/p-1/t8-,9+,10+,11+/m0/s1. The van der Waals surface area contributed by atoms with E-state index in [1.54, 1.807) is 0 Å². The molecular formula is C12H13N2O8-. The van der Waals surface area contributed by atoms with E-state index in [9.17, 15) is 30.2 Å². The van der Waals surface area contributed by atoms with Gasteiger partial charge >= 0.3 is 0 Å². The van der Waals surface area contributed by atoms with Gasteiger partial charge in [0.05, 0.1) is 17.5 Å². The van der Waals surface area contributed by atoms with Crippen LogP contribution in [0, 0.1) is 10.1 Å². The van der Waals surface area contributed by atoms with Crippen molar-refractivity contribution in [3.8, 4) is 0 Å². The lowest BCUT2D eigenvalue weighted by atomic mass is 10.1. The molecule has 0 saturated carbocycles. The molecule has 0 amide bonds. The van der Waals surface area contributed by atoms with Crippen molar-refractivity contribution < 1.29 is 34.9 Å². The molecule has 1 heterocycles. The first-order valence-corrected chi connectivity index (χ1v) is 6.23. The fourth-order valence-electron chi connectivity index (χ4n) is 2.10. The number of nitrogens with zero attached hydrogens (tertiary/aromatic N) is 1. The van der Waals surface area contributed by atoms with Crippen molar-refractivity contribution >= 4 is 17.3 Å². The van der Waals surface area contributed by atoms with E-state index in [1.807, 2.05) is 0 Å². The number of non-ortho nitro benzene ring substituents is 1. The second-order valence-corrected chi connectivity index (χ2v) is 4.72. The normalized spacial score (nSPS) is 27.6. The van der Waals surface area contributed by atoms with Crippen LogP contribution in [0.5, 0.6) is 0 Å². The van der Waals surface area contributed by atoms with Crippen LogP contribution in [0.3, 0.4) is 0 Å². The van der Waals surface area contributed by atoms with E-state index in [-0.39, 0.29) is 5.69 Å². The number of aromatic carboxylic acids is 1. The third-order valence-electron chi connectivity index (χ3n) is 3.22. The predicted octanol–water partition coefficient (Wildman–Crippen LogP) is -2.19. The summed E-state index contributed by atoms with van der Waals surface area (Å²) in [4.78, 5) is 20.9. The summed E-state index contributed by atoms with van der Waals surface area (Å²) < 4.78 is 5.15. The van der Waals surface area contributed by atoms with Crippen LogP contribution in [0.25, 0.3) is 0 Å². The highest BCUT2D eigenvalue weighted by molar-refractivity contribution is 5.88. The van der Waals surface area contributed by atoms with Crippen molar-refractivity contribution in [3.63, 3.8) is 0 Å². The summed E-state index contributed by atoms with van der Waals surface area (Å²) in [6, 6.07) is 2.94. The Morgan fingerprint density at radius 2 is 2.00 bits per heavy atom. The SMILES string of the molecule is O=C([O-])c1cc(N[C@@H]2O[C@@H](CO)[C@@H](O)[C@H]2O)cc([N+](=O)[O-])c1. The Kier molecular flexibility index (Phi) is 4.56. The lowest BCUT2D eigenvalue weighted by Gasteiger charge is -2.18. The maximum Gasteiger partial charge on any atom is 0.272 e. The molecule has 1 fully saturated rings. The minimum absolute atomic E-state index is 0.0109. The summed E-state index contributed by atoms with van der Waals surface area (Å²) in [6.45, 7) is -0.532. The van der Waals surface area contributed by atoms with Crippen LogP contribution in [0.2, 0.25) is 0 Å². The van der Waals surface area contributed by atoms with Gasteiger partial charge in [-0.1, -0.05) is 0 Å². The monoisotopic (exact) mass is 313 g/mol. The van der Waals surface area contributed by atoms with E-state index < -0.39 is 53.3 Å². The van der Waals surface area contributed by atoms with E-state index in [0.29, 0.717) is 0 Å². The van der Waals surface area contributed by atoms with Gasteiger partial charge < -0.3 is 35.3 Å². The Hall–Kier alpha value is -2.27. The van der Waals surface area contributed by atoms with Crippen molar-refractivity contribution in [3.05, 3.63) is 33.9 Å². The molecule has 4 N–H and O–H groups in total. The second-order valence-electron chi connectivity index (χ2n) is 4.72. The second kappa shape index (κ2) is 6.23. The van der Waals surface area contributed by atoms with Gasteiger partial charge in [-0.25, -0.2) is 0 Å². The Labute approximate surface area is 123 Å². The zero-order chi connectivity index (χ0) is 16.4. The minimum atomic E-state index is -1.60. The number of hydrogen-bond acceptors (Lipinski definition) is 9. The van der Waals surface area contributed by atoms with Gasteiger partial charge in [-0.05, 0) is 6.07 Å². The predicted molar refractivity (Wildman–Crippen MR) is 68.8 cm³/mol. The molecule has 22 heavy (non-hydrogen) atoms. The molecule has 0 aromatic heterocycles. The van der Waals surface area contributed by atoms with Gasteiger partial charge in [0.2, 0.25) is 0 Å². The summed E-state index contributed by atoms with van der Waals surface area (Å²) in [7, 11) is 0. The highest BCUT2D eigenvalue weighted by atomic mass is 16.6. The first-order chi connectivity index (χ1) is 10.3. The van der Waals surface area contributed by atoms with Crippen molar-refractivity contribution in [2.24, 2.45) is 0 Å². The number of rotatable bonds is 5. The molecule has 0 unspecified atom stereocenters. The maximum absolute atomic E-state index is 10.9.